The van der Waals surface area contributed by atoms with Crippen molar-refractivity contribution >= 4 is 23.1 Å². The Balaban J connectivity index is 1.86. The van der Waals surface area contributed by atoms with Gasteiger partial charge in [0, 0.05) is 28.9 Å². The minimum Gasteiger partial charge on any atom is -0.338 e. The highest BCUT2D eigenvalue weighted by Gasteiger charge is 2.05. The molecule has 0 spiro atoms. The molecule has 2 N–H and O–H groups in total. The number of thiazole rings is 1. The van der Waals surface area contributed by atoms with Gasteiger partial charge in [-0.2, -0.15) is 0 Å². The molecule has 0 aliphatic carbocycles. The van der Waals surface area contributed by atoms with Crippen LogP contribution in [0.5, 0.6) is 0 Å². The zero-order valence-corrected chi connectivity index (χ0v) is 14.0. The summed E-state index contributed by atoms with van der Waals surface area (Å²) in [6, 6.07) is 7.63. The second-order valence-electron chi connectivity index (χ2n) is 5.32. The van der Waals surface area contributed by atoms with Gasteiger partial charge in [0.25, 0.3) is 0 Å². The van der Waals surface area contributed by atoms with Gasteiger partial charge >= 0.3 is 6.03 Å². The van der Waals surface area contributed by atoms with Crippen molar-refractivity contribution in [3.8, 4) is 10.6 Å². The zero-order chi connectivity index (χ0) is 15.8. The fraction of sp³-hybridized carbons (Fsp3) is 0.412. The number of rotatable bonds is 7. The Bertz CT molecular complexity index is 609. The molecule has 0 saturated heterocycles. The van der Waals surface area contributed by atoms with E-state index >= 15 is 0 Å². The first kappa shape index (κ1) is 16.5. The Labute approximate surface area is 136 Å². The van der Waals surface area contributed by atoms with E-state index in [-0.39, 0.29) is 6.03 Å². The van der Waals surface area contributed by atoms with E-state index in [1.807, 2.05) is 36.6 Å². The monoisotopic (exact) mass is 317 g/mol. The molecule has 0 atom stereocenters. The Morgan fingerprint density at radius 3 is 2.86 bits per heavy atom. The molecule has 22 heavy (non-hydrogen) atoms. The lowest BCUT2D eigenvalue weighted by molar-refractivity contribution is 0.252. The molecule has 4 nitrogen and oxygen atoms in total. The fourth-order valence-electron chi connectivity index (χ4n) is 2.15. The van der Waals surface area contributed by atoms with Crippen molar-refractivity contribution in [1.29, 1.82) is 0 Å². The lowest BCUT2D eigenvalue weighted by Gasteiger charge is -2.08. The third-order valence-corrected chi connectivity index (χ3v) is 4.31. The molecule has 1 aromatic carbocycles. The van der Waals surface area contributed by atoms with Gasteiger partial charge in [-0.3, -0.25) is 0 Å². The minimum atomic E-state index is -0.149. The molecular formula is C17H23N3OS. The summed E-state index contributed by atoms with van der Waals surface area (Å²) in [6.45, 7) is 4.88. The summed E-state index contributed by atoms with van der Waals surface area (Å²) in [5.41, 5.74) is 2.83. The highest BCUT2D eigenvalue weighted by Crippen LogP contribution is 2.25. The average Bonchev–Trinajstić information content (AvgIpc) is 2.94. The number of nitrogens with one attached hydrogen (secondary N) is 2. The molecule has 0 radical (unpaired) electrons. The number of anilines is 1. The summed E-state index contributed by atoms with van der Waals surface area (Å²) < 4.78 is 0. The lowest BCUT2D eigenvalue weighted by Crippen LogP contribution is -2.29. The molecule has 2 aromatic rings. The lowest BCUT2D eigenvalue weighted by atomic mass is 10.2. The van der Waals surface area contributed by atoms with E-state index in [2.05, 4.69) is 22.5 Å². The average molecular weight is 317 g/mol. The van der Waals surface area contributed by atoms with Crippen LogP contribution in [0.25, 0.3) is 10.6 Å². The number of nitrogens with zero attached hydrogens (tertiary/aromatic N) is 1. The van der Waals surface area contributed by atoms with E-state index in [0.717, 1.165) is 41.3 Å². The first-order chi connectivity index (χ1) is 10.7. The van der Waals surface area contributed by atoms with E-state index in [1.54, 1.807) is 11.3 Å². The molecule has 0 unspecified atom stereocenters. The van der Waals surface area contributed by atoms with E-state index in [9.17, 15) is 4.79 Å². The van der Waals surface area contributed by atoms with Gasteiger partial charge in [-0.05, 0) is 25.5 Å². The van der Waals surface area contributed by atoms with Crippen LogP contribution in [0.4, 0.5) is 10.5 Å². The van der Waals surface area contributed by atoms with Crippen LogP contribution >= 0.6 is 11.3 Å². The molecule has 0 aliphatic rings. The Kier molecular flexibility index (Phi) is 6.40. The summed E-state index contributed by atoms with van der Waals surface area (Å²) in [6.07, 6.45) is 4.61. The summed E-state index contributed by atoms with van der Waals surface area (Å²) >= 11 is 1.61. The van der Waals surface area contributed by atoms with Gasteiger partial charge in [-0.25, -0.2) is 9.78 Å². The molecule has 5 heteroatoms. The van der Waals surface area contributed by atoms with E-state index in [4.69, 9.17) is 0 Å². The molecule has 0 fully saturated rings. The minimum absolute atomic E-state index is 0.149. The van der Waals surface area contributed by atoms with Gasteiger partial charge in [0.05, 0.1) is 0 Å². The normalized spacial score (nSPS) is 10.5. The first-order valence-electron chi connectivity index (χ1n) is 7.76. The van der Waals surface area contributed by atoms with Gasteiger partial charge in [0.15, 0.2) is 0 Å². The number of benzene rings is 1. The summed E-state index contributed by atoms with van der Waals surface area (Å²) in [5.74, 6) is 0. The van der Waals surface area contributed by atoms with Crippen molar-refractivity contribution in [3.05, 3.63) is 35.3 Å². The van der Waals surface area contributed by atoms with E-state index < -0.39 is 0 Å². The topological polar surface area (TPSA) is 54.0 Å². The number of hydrogen-bond donors (Lipinski definition) is 2. The molecule has 118 valence electrons. The largest absolute Gasteiger partial charge is 0.338 e. The van der Waals surface area contributed by atoms with Crippen molar-refractivity contribution in [2.24, 2.45) is 0 Å². The van der Waals surface area contributed by atoms with Crippen LogP contribution in [0.2, 0.25) is 0 Å². The second-order valence-corrected chi connectivity index (χ2v) is 6.17. The fourth-order valence-corrected chi connectivity index (χ4v) is 2.94. The van der Waals surface area contributed by atoms with Gasteiger partial charge in [-0.1, -0.05) is 38.3 Å². The van der Waals surface area contributed by atoms with Gasteiger partial charge in [0.2, 0.25) is 0 Å². The quantitative estimate of drug-likeness (QED) is 0.719. The standard InChI is InChI=1S/C17H23N3OS/c1-3-4-5-6-10-18-17(21)20-15-9-7-8-14(11-15)16-19-13(2)12-22-16/h7-9,11-12H,3-6,10H2,1-2H3,(H2,18,20,21). The molecule has 2 amide bonds. The third kappa shape index (κ3) is 5.15. The highest BCUT2D eigenvalue weighted by molar-refractivity contribution is 7.13. The molecule has 1 heterocycles. The maximum Gasteiger partial charge on any atom is 0.319 e. The predicted octanol–water partition coefficient (Wildman–Crippen LogP) is 4.82. The summed E-state index contributed by atoms with van der Waals surface area (Å²) in [7, 11) is 0. The van der Waals surface area contributed by atoms with Crippen molar-refractivity contribution < 1.29 is 4.79 Å². The van der Waals surface area contributed by atoms with Crippen LogP contribution in [-0.2, 0) is 0 Å². The Hall–Kier alpha value is -1.88. The van der Waals surface area contributed by atoms with Crippen molar-refractivity contribution in [1.82, 2.24) is 10.3 Å². The van der Waals surface area contributed by atoms with Crippen LogP contribution in [0, 0.1) is 6.92 Å². The number of carbonyl (C=O) groups is 1. The SMILES string of the molecule is CCCCCCNC(=O)Nc1cccc(-c2nc(C)cs2)c1. The van der Waals surface area contributed by atoms with Crippen molar-refractivity contribution in [2.75, 3.05) is 11.9 Å². The number of unbranched alkanes of at least 4 members (excludes halogenated alkanes) is 3. The van der Waals surface area contributed by atoms with Gasteiger partial charge < -0.3 is 10.6 Å². The number of aromatic nitrogens is 1. The smallest absolute Gasteiger partial charge is 0.319 e. The molecular weight excluding hydrogens is 294 g/mol. The Morgan fingerprint density at radius 2 is 2.14 bits per heavy atom. The van der Waals surface area contributed by atoms with E-state index in [1.165, 1.54) is 12.8 Å². The maximum absolute atomic E-state index is 11.9. The molecule has 0 bridgehead atoms. The molecule has 0 aliphatic heterocycles. The number of hydrogen-bond acceptors (Lipinski definition) is 3. The summed E-state index contributed by atoms with van der Waals surface area (Å²) in [5, 5.41) is 8.77. The van der Waals surface area contributed by atoms with Crippen LogP contribution < -0.4 is 10.6 Å². The van der Waals surface area contributed by atoms with Crippen LogP contribution in [0.1, 0.15) is 38.3 Å². The first-order valence-corrected chi connectivity index (χ1v) is 8.64. The number of aryl methyl sites for hydroxylation is 1. The van der Waals surface area contributed by atoms with E-state index in [0.29, 0.717) is 0 Å². The van der Waals surface area contributed by atoms with Crippen molar-refractivity contribution in [3.63, 3.8) is 0 Å². The second kappa shape index (κ2) is 8.54. The number of carbonyl (C=O) groups excluding carboxylic acids is 1. The number of amides is 2. The van der Waals surface area contributed by atoms with Crippen LogP contribution in [0.3, 0.4) is 0 Å². The van der Waals surface area contributed by atoms with Crippen LogP contribution in [0.15, 0.2) is 29.6 Å². The summed E-state index contributed by atoms with van der Waals surface area (Å²) in [4.78, 5) is 16.3. The van der Waals surface area contributed by atoms with Gasteiger partial charge in [-0.15, -0.1) is 11.3 Å². The number of urea groups is 1. The van der Waals surface area contributed by atoms with Crippen molar-refractivity contribution in [2.45, 2.75) is 39.5 Å². The molecule has 0 saturated carbocycles. The van der Waals surface area contributed by atoms with Crippen LogP contribution in [-0.4, -0.2) is 17.6 Å². The maximum atomic E-state index is 11.9. The van der Waals surface area contributed by atoms with Gasteiger partial charge in [0.1, 0.15) is 5.01 Å². The molecule has 1 aromatic heterocycles. The third-order valence-electron chi connectivity index (χ3n) is 3.30. The zero-order valence-electron chi connectivity index (χ0n) is 13.2. The predicted molar refractivity (Wildman–Crippen MR) is 93.5 cm³/mol. The Morgan fingerprint density at radius 1 is 1.27 bits per heavy atom. The molecule has 2 rings (SSSR count). The highest BCUT2D eigenvalue weighted by atomic mass is 32.1.